The van der Waals surface area contributed by atoms with E-state index in [1.54, 1.807) is 12.1 Å². The van der Waals surface area contributed by atoms with Crippen LogP contribution in [0.5, 0.6) is 0 Å². The Kier molecular flexibility index (Phi) is 8.17. The van der Waals surface area contributed by atoms with Gasteiger partial charge in [0.25, 0.3) is 5.91 Å². The number of nitrogens with zero attached hydrogens (tertiary/aromatic N) is 5. The fraction of sp³-hybridized carbons (Fsp3) is 0.462. The van der Waals surface area contributed by atoms with Crippen molar-refractivity contribution in [2.45, 2.75) is 24.7 Å². The van der Waals surface area contributed by atoms with Gasteiger partial charge >= 0.3 is 6.18 Å². The van der Waals surface area contributed by atoms with Crippen LogP contribution in [0.3, 0.4) is 0 Å². The second-order valence-corrected chi connectivity index (χ2v) is 10.00. The van der Waals surface area contributed by atoms with Gasteiger partial charge in [0.1, 0.15) is 5.82 Å². The molecule has 0 radical (unpaired) electrons. The van der Waals surface area contributed by atoms with Crippen molar-refractivity contribution < 1.29 is 22.7 Å². The lowest BCUT2D eigenvalue weighted by atomic mass is 10.1. The molecule has 13 heteroatoms. The number of likely N-dealkylation sites (N-methyl/N-ethyl adjacent to an activating group) is 1. The maximum atomic E-state index is 13.4. The first kappa shape index (κ1) is 27.5. The lowest BCUT2D eigenvalue weighted by Gasteiger charge is -2.34. The summed E-state index contributed by atoms with van der Waals surface area (Å²) in [6, 6.07) is 7.15. The van der Waals surface area contributed by atoms with Gasteiger partial charge in [-0.1, -0.05) is 11.6 Å². The van der Waals surface area contributed by atoms with E-state index in [1.165, 1.54) is 0 Å². The summed E-state index contributed by atoms with van der Waals surface area (Å²) in [4.78, 5) is 29.5. The fourth-order valence-corrected chi connectivity index (χ4v) is 5.31. The van der Waals surface area contributed by atoms with Crippen LogP contribution in [0, 0.1) is 0 Å². The number of hydrogen-bond donors (Lipinski definition) is 2. The zero-order chi connectivity index (χ0) is 27.6. The van der Waals surface area contributed by atoms with Crippen molar-refractivity contribution in [1.29, 1.82) is 0 Å². The average molecular weight is 564 g/mol. The number of halogens is 4. The molecule has 3 aromatic rings. The van der Waals surface area contributed by atoms with Crippen LogP contribution in [0.4, 0.5) is 19.0 Å². The third kappa shape index (κ3) is 6.08. The number of anilines is 1. The van der Waals surface area contributed by atoms with Gasteiger partial charge in [-0.05, 0) is 37.7 Å². The Morgan fingerprint density at radius 2 is 1.90 bits per heavy atom. The lowest BCUT2D eigenvalue weighted by molar-refractivity contribution is -0.145. The topological polar surface area (TPSA) is 95.5 Å². The van der Waals surface area contributed by atoms with Crippen LogP contribution in [0.1, 0.15) is 34.2 Å². The lowest BCUT2D eigenvalue weighted by Crippen LogP contribution is -2.44. The molecule has 0 spiro atoms. The highest BCUT2D eigenvalue weighted by Gasteiger charge is 2.35. The highest BCUT2D eigenvalue weighted by molar-refractivity contribution is 6.35. The summed E-state index contributed by atoms with van der Waals surface area (Å²) >= 11 is 6.48. The van der Waals surface area contributed by atoms with Crippen LogP contribution in [0.15, 0.2) is 36.7 Å². The van der Waals surface area contributed by atoms with Crippen LogP contribution in [0.25, 0.3) is 10.9 Å². The first-order valence-electron chi connectivity index (χ1n) is 12.7. The summed E-state index contributed by atoms with van der Waals surface area (Å²) in [7, 11) is 1.95. The minimum absolute atomic E-state index is 0.116. The number of benzene rings is 1. The van der Waals surface area contributed by atoms with Gasteiger partial charge in [0.15, 0.2) is 0 Å². The molecule has 39 heavy (non-hydrogen) atoms. The van der Waals surface area contributed by atoms with Crippen molar-refractivity contribution in [3.8, 4) is 0 Å². The number of aromatic nitrogens is 3. The second-order valence-electron chi connectivity index (χ2n) is 9.59. The number of nitrogens with one attached hydrogen (secondary N) is 2. The van der Waals surface area contributed by atoms with E-state index >= 15 is 0 Å². The molecule has 2 aromatic heterocycles. The Hall–Kier alpha value is -3.06. The first-order valence-corrected chi connectivity index (χ1v) is 13.1. The number of carbonyl (C=O) groups excluding carboxylic acids is 1. The minimum Gasteiger partial charge on any atom is -0.379 e. The molecule has 1 unspecified atom stereocenters. The van der Waals surface area contributed by atoms with E-state index in [1.807, 2.05) is 24.1 Å². The van der Waals surface area contributed by atoms with E-state index in [2.05, 4.69) is 25.5 Å². The molecule has 2 aliphatic heterocycles. The van der Waals surface area contributed by atoms with E-state index in [4.69, 9.17) is 21.3 Å². The number of carbonyl (C=O) groups is 1. The Morgan fingerprint density at radius 1 is 1.15 bits per heavy atom. The maximum Gasteiger partial charge on any atom is 0.451 e. The quantitative estimate of drug-likeness (QED) is 0.452. The maximum absolute atomic E-state index is 13.4. The third-order valence-electron chi connectivity index (χ3n) is 7.21. The number of alkyl halides is 3. The Morgan fingerprint density at radius 3 is 2.56 bits per heavy atom. The van der Waals surface area contributed by atoms with E-state index in [9.17, 15) is 18.0 Å². The fourth-order valence-electron chi connectivity index (χ4n) is 5.06. The van der Waals surface area contributed by atoms with Gasteiger partial charge in [0, 0.05) is 62.1 Å². The molecule has 1 amide bonds. The average Bonchev–Trinajstić information content (AvgIpc) is 3.43. The monoisotopic (exact) mass is 563 g/mol. The number of rotatable bonds is 7. The normalized spacial score (nSPS) is 19.4. The zero-order valence-electron chi connectivity index (χ0n) is 21.3. The van der Waals surface area contributed by atoms with Gasteiger partial charge < -0.3 is 20.3 Å². The Bertz CT molecular complexity index is 1320. The van der Waals surface area contributed by atoms with E-state index in [-0.39, 0.29) is 11.6 Å². The molecule has 0 saturated carbocycles. The van der Waals surface area contributed by atoms with Gasteiger partial charge in [-0.3, -0.25) is 9.69 Å². The van der Waals surface area contributed by atoms with E-state index in [0.717, 1.165) is 37.7 Å². The molecular weight excluding hydrogens is 535 g/mol. The summed E-state index contributed by atoms with van der Waals surface area (Å²) in [6.07, 6.45) is -1.28. The standard InChI is InChI=1S/C26H29ClF3N7O2/c1-31-17-6-7-37(15-17)22-5-2-18-20(35-22)4-3-19(27)23(18)24(38)32-14-21(36-8-10-39-11-9-36)16-12-33-25(34-13-16)26(28,29)30/h2-5,12-13,17,21,31H,6-11,14-15H2,1H3,(H,32,38)/t17-,21?/m0/s1. The van der Waals surface area contributed by atoms with E-state index < -0.39 is 23.9 Å². The summed E-state index contributed by atoms with van der Waals surface area (Å²) < 4.78 is 44.4. The van der Waals surface area contributed by atoms with Gasteiger partial charge in [-0.15, -0.1) is 0 Å². The third-order valence-corrected chi connectivity index (χ3v) is 7.52. The number of ether oxygens (including phenoxy) is 1. The smallest absolute Gasteiger partial charge is 0.379 e. The number of fused-ring (bicyclic) bond motifs is 1. The summed E-state index contributed by atoms with van der Waals surface area (Å²) in [6.45, 7) is 3.91. The van der Waals surface area contributed by atoms with Crippen LogP contribution in [-0.2, 0) is 10.9 Å². The highest BCUT2D eigenvalue weighted by atomic mass is 35.5. The number of amides is 1. The SMILES string of the molecule is CN[C@H]1CCN(c2ccc3c(C(=O)NCC(c4cnc(C(F)(F)F)nc4)N4CCOCC4)c(Cl)ccc3n2)C1. The number of pyridine rings is 1. The molecule has 2 N–H and O–H groups in total. The molecule has 5 rings (SSSR count). The summed E-state index contributed by atoms with van der Waals surface area (Å²) in [5.74, 6) is -0.771. The summed E-state index contributed by atoms with van der Waals surface area (Å²) in [5, 5.41) is 7.12. The number of hydrogen-bond acceptors (Lipinski definition) is 8. The van der Waals surface area contributed by atoms with Crippen LogP contribution in [0.2, 0.25) is 5.02 Å². The molecule has 2 fully saturated rings. The molecule has 0 aliphatic carbocycles. The molecule has 2 saturated heterocycles. The molecular formula is C26H29ClF3N7O2. The highest BCUT2D eigenvalue weighted by Crippen LogP contribution is 2.30. The molecule has 2 aliphatic rings. The van der Waals surface area contributed by atoms with Crippen LogP contribution >= 0.6 is 11.6 Å². The van der Waals surface area contributed by atoms with Gasteiger partial charge in [0.2, 0.25) is 5.82 Å². The van der Waals surface area contributed by atoms with Gasteiger partial charge in [-0.2, -0.15) is 13.2 Å². The Balaban J connectivity index is 1.37. The number of morpholine rings is 1. The predicted octanol–water partition coefficient (Wildman–Crippen LogP) is 3.30. The second kappa shape index (κ2) is 11.6. The van der Waals surface area contributed by atoms with Crippen molar-refractivity contribution in [3.05, 3.63) is 58.6 Å². The van der Waals surface area contributed by atoms with Crippen molar-refractivity contribution >= 4 is 34.2 Å². The molecule has 9 nitrogen and oxygen atoms in total. The summed E-state index contributed by atoms with van der Waals surface area (Å²) in [5.41, 5.74) is 1.41. The molecule has 1 aromatic carbocycles. The molecule has 0 bridgehead atoms. The zero-order valence-corrected chi connectivity index (χ0v) is 22.1. The minimum atomic E-state index is -4.64. The van der Waals surface area contributed by atoms with Gasteiger partial charge in [0.05, 0.1) is 35.4 Å². The van der Waals surface area contributed by atoms with Crippen LogP contribution in [-0.4, -0.2) is 84.8 Å². The Labute approximate surface area is 228 Å². The van der Waals surface area contributed by atoms with Crippen LogP contribution < -0.4 is 15.5 Å². The molecule has 208 valence electrons. The van der Waals surface area contributed by atoms with Crippen molar-refractivity contribution in [1.82, 2.24) is 30.5 Å². The van der Waals surface area contributed by atoms with Gasteiger partial charge in [-0.25, -0.2) is 15.0 Å². The predicted molar refractivity (Wildman–Crippen MR) is 141 cm³/mol. The first-order chi connectivity index (χ1) is 18.7. The van der Waals surface area contributed by atoms with Crippen molar-refractivity contribution in [3.63, 3.8) is 0 Å². The van der Waals surface area contributed by atoms with Crippen molar-refractivity contribution in [2.24, 2.45) is 0 Å². The largest absolute Gasteiger partial charge is 0.451 e. The van der Waals surface area contributed by atoms with E-state index in [0.29, 0.717) is 54.4 Å². The molecule has 2 atom stereocenters. The van der Waals surface area contributed by atoms with Crippen molar-refractivity contribution in [2.75, 3.05) is 57.9 Å². The molecule has 4 heterocycles.